The summed E-state index contributed by atoms with van der Waals surface area (Å²) in [4.78, 5) is 26.0. The van der Waals surface area contributed by atoms with Gasteiger partial charge >= 0.3 is 6.18 Å². The van der Waals surface area contributed by atoms with Gasteiger partial charge < -0.3 is 15.5 Å². The number of anilines is 2. The molecule has 3 N–H and O–H groups in total. The van der Waals surface area contributed by atoms with E-state index in [9.17, 15) is 35.2 Å². The number of rotatable bonds is 10. The summed E-state index contributed by atoms with van der Waals surface area (Å²) in [5, 5.41) is 15.2. The van der Waals surface area contributed by atoms with Gasteiger partial charge in [-0.15, -0.1) is 0 Å². The quantitative estimate of drug-likeness (QED) is 0.134. The average Bonchev–Trinajstić information content (AvgIpc) is 3.80. The number of benzene rings is 2. The Morgan fingerprint density at radius 3 is 2.43 bits per heavy atom. The van der Waals surface area contributed by atoms with Crippen molar-refractivity contribution in [2.24, 2.45) is 13.0 Å². The van der Waals surface area contributed by atoms with E-state index in [4.69, 9.17) is 9.97 Å². The molecule has 4 aromatic heterocycles. The number of hydrogen-bond donors (Lipinski definition) is 3. The number of carbonyl (C=O) groups is 1. The summed E-state index contributed by atoms with van der Waals surface area (Å²) < 4.78 is 133. The van der Waals surface area contributed by atoms with Gasteiger partial charge in [-0.3, -0.25) is 18.9 Å². The lowest BCUT2D eigenvalue weighted by Gasteiger charge is -2.56. The van der Waals surface area contributed by atoms with E-state index in [1.807, 2.05) is 0 Å². The molecule has 3 atom stereocenters. The van der Waals surface area contributed by atoms with Gasteiger partial charge in [0.1, 0.15) is 23.9 Å². The number of aryl methyl sites for hydroxylation is 1. The van der Waals surface area contributed by atoms with Crippen molar-refractivity contribution in [2.45, 2.75) is 61.8 Å². The Morgan fingerprint density at radius 1 is 1.05 bits per heavy atom. The number of fused-ring (bicyclic) bond motifs is 5. The molecule has 0 unspecified atom stereocenters. The number of para-hydroxylation sites is 1. The zero-order chi connectivity index (χ0) is 43.0. The van der Waals surface area contributed by atoms with Gasteiger partial charge in [0.05, 0.1) is 33.7 Å². The molecule has 2 aromatic carbocycles. The Bertz CT molecular complexity index is 2900. The van der Waals surface area contributed by atoms with E-state index in [0.717, 1.165) is 31.4 Å². The van der Waals surface area contributed by atoms with Gasteiger partial charge in [0.2, 0.25) is 15.9 Å². The summed E-state index contributed by atoms with van der Waals surface area (Å²) in [6.45, 7) is 1.31. The van der Waals surface area contributed by atoms with Crippen LogP contribution < -0.4 is 20.3 Å². The van der Waals surface area contributed by atoms with Gasteiger partial charge in [-0.1, -0.05) is 23.5 Å². The molecule has 4 aliphatic rings. The Kier molecular flexibility index (Phi) is 8.85. The molecule has 61 heavy (non-hydrogen) atoms. The summed E-state index contributed by atoms with van der Waals surface area (Å²) >= 11 is 1.36. The highest BCUT2D eigenvalue weighted by Crippen LogP contribution is 2.64. The highest BCUT2D eigenvalue weighted by molar-refractivity contribution is 7.92. The summed E-state index contributed by atoms with van der Waals surface area (Å²) in [5.41, 5.74) is -1.30. The molecule has 2 aliphatic carbocycles. The molecule has 320 valence electrons. The number of nitrogens with zero attached hydrogens (tertiary/aromatic N) is 7. The normalized spacial score (nSPS) is 20.6. The topological polar surface area (TPSA) is 152 Å². The first kappa shape index (κ1) is 39.8. The Morgan fingerprint density at radius 2 is 1.79 bits per heavy atom. The first-order valence-electron chi connectivity index (χ1n) is 19.3. The van der Waals surface area contributed by atoms with Crippen LogP contribution in [0.5, 0.6) is 0 Å². The van der Waals surface area contributed by atoms with Crippen LogP contribution in [0, 0.1) is 17.6 Å². The highest BCUT2D eigenvalue weighted by atomic mass is 32.2. The van der Waals surface area contributed by atoms with E-state index in [0.29, 0.717) is 55.7 Å². The fraction of sp³-hybridized carbons (Fsp3) is 0.410. The van der Waals surface area contributed by atoms with Crippen LogP contribution in [0.25, 0.3) is 32.4 Å². The largest absolute Gasteiger partial charge is 0.435 e. The van der Waals surface area contributed by atoms with Crippen molar-refractivity contribution < 1.29 is 43.9 Å². The molecule has 1 spiro atoms. The van der Waals surface area contributed by atoms with E-state index >= 15 is 8.78 Å². The fourth-order valence-electron chi connectivity index (χ4n) is 9.37. The van der Waals surface area contributed by atoms with Crippen molar-refractivity contribution >= 4 is 59.5 Å². The van der Waals surface area contributed by atoms with Crippen molar-refractivity contribution in [1.29, 1.82) is 0 Å². The van der Waals surface area contributed by atoms with Crippen molar-refractivity contribution in [2.75, 3.05) is 35.5 Å². The third kappa shape index (κ3) is 6.67. The molecular weight excluding hydrogens is 854 g/mol. The lowest BCUT2D eigenvalue weighted by Crippen LogP contribution is -2.75. The maximum Gasteiger partial charge on any atom is 0.435 e. The number of alkyl halides is 5. The first-order chi connectivity index (χ1) is 28.8. The van der Waals surface area contributed by atoms with Crippen LogP contribution in [0.3, 0.4) is 0 Å². The number of amides is 1. The van der Waals surface area contributed by atoms with Crippen molar-refractivity contribution in [3.63, 3.8) is 0 Å². The predicted molar refractivity (Wildman–Crippen MR) is 211 cm³/mol. The second kappa shape index (κ2) is 13.6. The summed E-state index contributed by atoms with van der Waals surface area (Å²) in [7, 11) is -2.18. The van der Waals surface area contributed by atoms with Crippen LogP contribution in [0.2, 0.25) is 0 Å². The average molecular weight is 889 g/mol. The highest BCUT2D eigenvalue weighted by Gasteiger charge is 2.63. The van der Waals surface area contributed by atoms with Crippen LogP contribution in [0.4, 0.5) is 41.7 Å². The van der Waals surface area contributed by atoms with Crippen LogP contribution in [-0.4, -0.2) is 75.3 Å². The zero-order valence-electron chi connectivity index (χ0n) is 32.2. The monoisotopic (exact) mass is 888 g/mol. The van der Waals surface area contributed by atoms with Crippen molar-refractivity contribution in [1.82, 2.24) is 40.2 Å². The van der Waals surface area contributed by atoms with Crippen LogP contribution in [-0.2, 0) is 46.9 Å². The molecule has 13 nitrogen and oxygen atoms in total. The van der Waals surface area contributed by atoms with Crippen molar-refractivity contribution in [3.8, 4) is 11.1 Å². The van der Waals surface area contributed by atoms with Crippen LogP contribution in [0.1, 0.15) is 59.4 Å². The number of pyridine rings is 1. The number of aromatic nitrogens is 6. The smallest absolute Gasteiger partial charge is 0.346 e. The lowest BCUT2D eigenvalue weighted by molar-refractivity contribution is -0.144. The Hall–Kier alpha value is -5.35. The molecule has 22 heteroatoms. The van der Waals surface area contributed by atoms with E-state index in [2.05, 4.69) is 30.5 Å². The molecule has 0 bridgehead atoms. The van der Waals surface area contributed by atoms with E-state index in [1.165, 1.54) is 16.0 Å². The number of sulfonamides is 1. The molecule has 2 saturated heterocycles. The molecule has 0 radical (unpaired) electrons. The van der Waals surface area contributed by atoms with Gasteiger partial charge in [0.25, 0.3) is 5.92 Å². The molecule has 10 rings (SSSR count). The number of nitrogens with one attached hydrogen (secondary N) is 3. The number of halogens is 7. The van der Waals surface area contributed by atoms with Gasteiger partial charge in [0, 0.05) is 54.2 Å². The zero-order valence-corrected chi connectivity index (χ0v) is 33.9. The number of carbonyl (C=O) groups excluding carboxylic acids is 1. The second-order valence-electron chi connectivity index (χ2n) is 16.4. The lowest BCUT2D eigenvalue weighted by atomic mass is 9.73. The summed E-state index contributed by atoms with van der Waals surface area (Å²) in [6.07, 6.45) is -3.25. The van der Waals surface area contributed by atoms with Gasteiger partial charge in [-0.05, 0) is 68.0 Å². The minimum absolute atomic E-state index is 0.0160. The SMILES string of the molecule is Cn1nc(NS(C)(=O)=O)c2cccc(-c3cc4sc(N5CC6(CCN6)C5)nc4nc3[C@H](Cc3cc(F)cc(F)c3)NC(=O)Cn3nc(C(F)(F)F)c4c3C(F)(F)[C@@H]3CC[C@H]43)c21. The van der Waals surface area contributed by atoms with E-state index < -0.39 is 81.0 Å². The third-order valence-electron chi connectivity index (χ3n) is 12.2. The number of hydrogen-bond acceptors (Lipinski definition) is 10. The van der Waals surface area contributed by atoms with Crippen LogP contribution >= 0.6 is 11.3 Å². The maximum absolute atomic E-state index is 15.7. The first-order valence-corrected chi connectivity index (χ1v) is 22.0. The Labute approximate surface area is 346 Å². The third-order valence-corrected chi connectivity index (χ3v) is 13.8. The molecule has 6 heterocycles. The Balaban J connectivity index is 1.11. The predicted octanol–water partition coefficient (Wildman–Crippen LogP) is 6.36. The maximum atomic E-state index is 15.7. The van der Waals surface area contributed by atoms with Gasteiger partial charge in [-0.25, -0.2) is 22.2 Å². The standard InChI is InChI=1S/C39H35F7N10O3S2/c1-54-31-21(4-3-5-23(31)34(52-54)53-61(2,58)59)24-14-27-35(50-36(60-27)55-16-37(17-55)8-9-47-37)49-30(24)26(12-18-10-19(40)13-20(41)11-18)48-28(57)15-56-33-29(32(51-56)39(44,45)46)22-6-7-25(22)38(33,42)43/h3-5,10-11,13-14,22,25-26,47H,6-9,12,15-17H2,1-2H3,(H,48,57)(H,52,53)/t22-,25+,26-/m0/s1. The van der Waals surface area contributed by atoms with E-state index in [-0.39, 0.29) is 47.5 Å². The minimum Gasteiger partial charge on any atom is -0.346 e. The summed E-state index contributed by atoms with van der Waals surface area (Å²) in [5.74, 6) is -8.91. The minimum atomic E-state index is -5.06. The number of thiazole rings is 1. The molecule has 2 aliphatic heterocycles. The van der Waals surface area contributed by atoms with E-state index in [1.54, 1.807) is 31.3 Å². The van der Waals surface area contributed by atoms with Gasteiger partial charge in [-0.2, -0.15) is 37.1 Å². The second-order valence-corrected chi connectivity index (χ2v) is 19.1. The fourth-order valence-corrected chi connectivity index (χ4v) is 10.8. The van der Waals surface area contributed by atoms with Gasteiger partial charge in [0.15, 0.2) is 22.3 Å². The molecule has 1 amide bonds. The van der Waals surface area contributed by atoms with Crippen molar-refractivity contribution in [3.05, 3.63) is 82.3 Å². The molecule has 6 aromatic rings. The molecular formula is C39H35F7N10O3S2. The summed E-state index contributed by atoms with van der Waals surface area (Å²) in [6, 6.07) is 8.26. The molecule has 1 saturated carbocycles. The molecule has 3 fully saturated rings. The van der Waals surface area contributed by atoms with Crippen LogP contribution in [0.15, 0.2) is 42.5 Å².